The van der Waals surface area contributed by atoms with Gasteiger partial charge in [-0.15, -0.1) is 0 Å². The predicted octanol–water partition coefficient (Wildman–Crippen LogP) is 0.520. The SMILES string of the molecule is COC1=NC(=N)N(C)C(OC)C1C. The molecule has 0 radical (unpaired) electrons. The maximum atomic E-state index is 7.53. The van der Waals surface area contributed by atoms with Crippen molar-refractivity contribution in [3.8, 4) is 0 Å². The lowest BCUT2D eigenvalue weighted by Crippen LogP contribution is -2.48. The van der Waals surface area contributed by atoms with Crippen molar-refractivity contribution in [3.05, 3.63) is 0 Å². The van der Waals surface area contributed by atoms with Crippen LogP contribution in [0.15, 0.2) is 4.99 Å². The van der Waals surface area contributed by atoms with E-state index in [0.717, 1.165) is 0 Å². The second-order valence-electron chi connectivity index (χ2n) is 3.00. The summed E-state index contributed by atoms with van der Waals surface area (Å²) < 4.78 is 10.3. The molecular formula is C8H15N3O2. The summed E-state index contributed by atoms with van der Waals surface area (Å²) in [5.74, 6) is 0.769. The molecule has 1 N–H and O–H groups in total. The van der Waals surface area contributed by atoms with Crippen LogP contribution >= 0.6 is 0 Å². The van der Waals surface area contributed by atoms with E-state index in [-0.39, 0.29) is 18.1 Å². The average Bonchev–Trinajstić information content (AvgIpc) is 2.12. The van der Waals surface area contributed by atoms with Gasteiger partial charge >= 0.3 is 0 Å². The summed E-state index contributed by atoms with van der Waals surface area (Å²) >= 11 is 0. The van der Waals surface area contributed by atoms with Crippen LogP contribution in [-0.4, -0.2) is 44.3 Å². The molecule has 0 aromatic carbocycles. The summed E-state index contributed by atoms with van der Waals surface area (Å²) in [5, 5.41) is 7.53. The molecule has 74 valence electrons. The fourth-order valence-corrected chi connectivity index (χ4v) is 1.46. The minimum Gasteiger partial charge on any atom is -0.484 e. The largest absolute Gasteiger partial charge is 0.484 e. The van der Waals surface area contributed by atoms with Gasteiger partial charge in [0.15, 0.2) is 5.90 Å². The van der Waals surface area contributed by atoms with Crippen molar-refractivity contribution in [2.75, 3.05) is 21.3 Å². The fraction of sp³-hybridized carbons (Fsp3) is 0.750. The molecule has 0 spiro atoms. The molecule has 5 heteroatoms. The lowest BCUT2D eigenvalue weighted by Gasteiger charge is -2.35. The molecule has 0 amide bonds. The third kappa shape index (κ3) is 1.65. The first-order chi connectivity index (χ1) is 6.11. The third-order valence-electron chi connectivity index (χ3n) is 2.20. The van der Waals surface area contributed by atoms with Gasteiger partial charge in [-0.2, -0.15) is 4.99 Å². The zero-order valence-corrected chi connectivity index (χ0v) is 8.37. The maximum absolute atomic E-state index is 7.53. The molecule has 0 fully saturated rings. The third-order valence-corrected chi connectivity index (χ3v) is 2.20. The first-order valence-electron chi connectivity index (χ1n) is 4.08. The molecule has 1 heterocycles. The Morgan fingerprint density at radius 3 is 2.54 bits per heavy atom. The Kier molecular flexibility index (Phi) is 2.87. The normalized spacial score (nSPS) is 28.8. The Hall–Kier alpha value is -1.10. The van der Waals surface area contributed by atoms with Gasteiger partial charge in [-0.25, -0.2) is 0 Å². The summed E-state index contributed by atoms with van der Waals surface area (Å²) in [7, 11) is 4.95. The second-order valence-corrected chi connectivity index (χ2v) is 3.00. The molecule has 2 atom stereocenters. The van der Waals surface area contributed by atoms with Crippen LogP contribution in [0.4, 0.5) is 0 Å². The van der Waals surface area contributed by atoms with Crippen LogP contribution in [0.3, 0.4) is 0 Å². The highest BCUT2D eigenvalue weighted by atomic mass is 16.5. The molecule has 0 saturated carbocycles. The number of aliphatic imine (C=N–C) groups is 1. The van der Waals surface area contributed by atoms with E-state index in [1.165, 1.54) is 0 Å². The summed E-state index contributed by atoms with van der Waals surface area (Å²) in [6.07, 6.45) is -0.167. The van der Waals surface area contributed by atoms with Crippen LogP contribution in [-0.2, 0) is 9.47 Å². The van der Waals surface area contributed by atoms with Gasteiger partial charge in [0.2, 0.25) is 5.96 Å². The average molecular weight is 185 g/mol. The number of ether oxygens (including phenoxy) is 2. The van der Waals surface area contributed by atoms with E-state index in [1.807, 2.05) is 6.92 Å². The van der Waals surface area contributed by atoms with Crippen LogP contribution < -0.4 is 0 Å². The molecule has 0 bridgehead atoms. The molecule has 5 nitrogen and oxygen atoms in total. The molecule has 1 aliphatic heterocycles. The van der Waals surface area contributed by atoms with Crippen LogP contribution in [0, 0.1) is 11.3 Å². The van der Waals surface area contributed by atoms with Gasteiger partial charge < -0.3 is 14.4 Å². The number of rotatable bonds is 1. The molecule has 0 aliphatic carbocycles. The van der Waals surface area contributed by atoms with E-state index < -0.39 is 0 Å². The van der Waals surface area contributed by atoms with Gasteiger partial charge in [0, 0.05) is 14.2 Å². The second kappa shape index (κ2) is 3.74. The lowest BCUT2D eigenvalue weighted by molar-refractivity contribution is -0.0109. The number of nitrogens with zero attached hydrogens (tertiary/aromatic N) is 2. The van der Waals surface area contributed by atoms with Gasteiger partial charge in [0.1, 0.15) is 6.23 Å². The Balaban J connectivity index is 2.92. The highest BCUT2D eigenvalue weighted by Crippen LogP contribution is 2.18. The van der Waals surface area contributed by atoms with Crippen LogP contribution in [0.1, 0.15) is 6.92 Å². The van der Waals surface area contributed by atoms with Gasteiger partial charge in [-0.3, -0.25) is 5.41 Å². The molecule has 1 rings (SSSR count). The van der Waals surface area contributed by atoms with E-state index in [1.54, 1.807) is 26.2 Å². The Labute approximate surface area is 77.9 Å². The van der Waals surface area contributed by atoms with Gasteiger partial charge in [0.05, 0.1) is 13.0 Å². The first kappa shape index (κ1) is 9.98. The van der Waals surface area contributed by atoms with Crippen molar-refractivity contribution in [1.29, 1.82) is 5.41 Å². The van der Waals surface area contributed by atoms with Crippen molar-refractivity contribution in [2.45, 2.75) is 13.2 Å². The Bertz CT molecular complexity index is 240. The van der Waals surface area contributed by atoms with E-state index >= 15 is 0 Å². The minimum absolute atomic E-state index is 0.0501. The fourth-order valence-electron chi connectivity index (χ4n) is 1.46. The number of methoxy groups -OCH3 is 2. The highest BCUT2D eigenvalue weighted by molar-refractivity contribution is 5.95. The van der Waals surface area contributed by atoms with E-state index in [2.05, 4.69) is 4.99 Å². The van der Waals surface area contributed by atoms with Crippen molar-refractivity contribution in [1.82, 2.24) is 4.90 Å². The van der Waals surface area contributed by atoms with Crippen molar-refractivity contribution in [2.24, 2.45) is 10.9 Å². The van der Waals surface area contributed by atoms with Gasteiger partial charge in [-0.05, 0) is 6.92 Å². The molecule has 2 unspecified atom stereocenters. The summed E-state index contributed by atoms with van der Waals surface area (Å²) in [4.78, 5) is 5.66. The summed E-state index contributed by atoms with van der Waals surface area (Å²) in [6.45, 7) is 1.96. The van der Waals surface area contributed by atoms with Crippen LogP contribution in [0.2, 0.25) is 0 Å². The summed E-state index contributed by atoms with van der Waals surface area (Å²) in [5.41, 5.74) is 0. The maximum Gasteiger partial charge on any atom is 0.222 e. The van der Waals surface area contributed by atoms with Crippen molar-refractivity contribution < 1.29 is 9.47 Å². The lowest BCUT2D eigenvalue weighted by atomic mass is 10.1. The molecule has 0 aromatic heterocycles. The standard InChI is InChI=1S/C8H15N3O2/c1-5-6(12-3)10-8(9)11(2)7(5)13-4/h5,7,9H,1-4H3. The molecule has 0 aromatic rings. The number of hydrogen-bond acceptors (Lipinski definition) is 3. The first-order valence-corrected chi connectivity index (χ1v) is 4.08. The number of nitrogens with one attached hydrogen (secondary N) is 1. The molecule has 1 aliphatic rings. The smallest absolute Gasteiger partial charge is 0.222 e. The number of guanidine groups is 1. The van der Waals surface area contributed by atoms with Crippen molar-refractivity contribution in [3.63, 3.8) is 0 Å². The zero-order valence-electron chi connectivity index (χ0n) is 8.37. The highest BCUT2D eigenvalue weighted by Gasteiger charge is 2.32. The molecule has 13 heavy (non-hydrogen) atoms. The van der Waals surface area contributed by atoms with Crippen molar-refractivity contribution >= 4 is 11.9 Å². The topological polar surface area (TPSA) is 57.9 Å². The zero-order chi connectivity index (χ0) is 10.0. The minimum atomic E-state index is -0.167. The van der Waals surface area contributed by atoms with Crippen LogP contribution in [0.25, 0.3) is 0 Å². The van der Waals surface area contributed by atoms with E-state index in [0.29, 0.717) is 5.90 Å². The summed E-state index contributed by atoms with van der Waals surface area (Å²) in [6, 6.07) is 0. The van der Waals surface area contributed by atoms with E-state index in [4.69, 9.17) is 14.9 Å². The van der Waals surface area contributed by atoms with E-state index in [9.17, 15) is 0 Å². The van der Waals surface area contributed by atoms with Gasteiger partial charge in [0.25, 0.3) is 0 Å². The molecule has 0 saturated heterocycles. The Morgan fingerprint density at radius 1 is 1.46 bits per heavy atom. The number of hydrogen-bond donors (Lipinski definition) is 1. The van der Waals surface area contributed by atoms with Gasteiger partial charge in [-0.1, -0.05) is 0 Å². The van der Waals surface area contributed by atoms with Crippen LogP contribution in [0.5, 0.6) is 0 Å². The predicted molar refractivity (Wildman–Crippen MR) is 49.9 cm³/mol. The monoisotopic (exact) mass is 185 g/mol. The quantitative estimate of drug-likeness (QED) is 0.648. The molecular weight excluding hydrogens is 170 g/mol. The Morgan fingerprint density at radius 2 is 2.08 bits per heavy atom.